The number of rotatable bonds is 11. The van der Waals surface area contributed by atoms with Crippen molar-refractivity contribution in [3.8, 4) is 23.0 Å². The van der Waals surface area contributed by atoms with Crippen LogP contribution in [0.5, 0.6) is 11.5 Å². The van der Waals surface area contributed by atoms with Gasteiger partial charge in [0.2, 0.25) is 5.89 Å². The molecule has 1 heterocycles. The Kier molecular flexibility index (Phi) is 7.63. The van der Waals surface area contributed by atoms with Crippen molar-refractivity contribution in [3.63, 3.8) is 0 Å². The van der Waals surface area contributed by atoms with Gasteiger partial charge in [0.1, 0.15) is 17.3 Å². The summed E-state index contributed by atoms with van der Waals surface area (Å²) >= 11 is 0. The summed E-state index contributed by atoms with van der Waals surface area (Å²) in [6.07, 6.45) is 2.60. The van der Waals surface area contributed by atoms with Gasteiger partial charge < -0.3 is 23.9 Å². The van der Waals surface area contributed by atoms with Crippen LogP contribution in [0.1, 0.15) is 55.2 Å². The van der Waals surface area contributed by atoms with E-state index in [2.05, 4.69) is 24.8 Å². The highest BCUT2D eigenvalue weighted by molar-refractivity contribution is 5.69. The van der Waals surface area contributed by atoms with Gasteiger partial charge in [-0.3, -0.25) is 4.79 Å². The van der Waals surface area contributed by atoms with Crippen LogP contribution in [0.25, 0.3) is 11.5 Å². The van der Waals surface area contributed by atoms with Crippen molar-refractivity contribution in [1.82, 2.24) is 4.98 Å². The topological polar surface area (TPSA) is 85.0 Å². The molecule has 1 aliphatic carbocycles. The Balaban J connectivity index is 1.42. The molecule has 0 saturated heterocycles. The molecule has 4 rings (SSSR count). The number of fused-ring (bicyclic) bond motifs is 1. The number of carboxylic acids is 1. The van der Waals surface area contributed by atoms with Crippen LogP contribution in [-0.4, -0.2) is 42.9 Å². The fourth-order valence-corrected chi connectivity index (χ4v) is 4.88. The first-order valence-electron chi connectivity index (χ1n) is 12.3. The smallest absolute Gasteiger partial charge is 0.303 e. The van der Waals surface area contributed by atoms with Crippen LogP contribution in [0.15, 0.2) is 40.8 Å². The second-order valence-electron chi connectivity index (χ2n) is 8.87. The fourth-order valence-electron chi connectivity index (χ4n) is 4.88. The monoisotopic (exact) mass is 478 g/mol. The molecule has 1 aliphatic rings. The van der Waals surface area contributed by atoms with Gasteiger partial charge in [-0.05, 0) is 81.0 Å². The average molecular weight is 479 g/mol. The summed E-state index contributed by atoms with van der Waals surface area (Å²) in [5.74, 6) is 2.38. The maximum atomic E-state index is 11.1. The van der Waals surface area contributed by atoms with E-state index in [1.54, 1.807) is 7.11 Å². The van der Waals surface area contributed by atoms with Gasteiger partial charge in [-0.15, -0.1) is 0 Å². The minimum atomic E-state index is -0.746. The van der Waals surface area contributed by atoms with E-state index in [0.29, 0.717) is 18.9 Å². The van der Waals surface area contributed by atoms with Crippen LogP contribution >= 0.6 is 0 Å². The van der Waals surface area contributed by atoms with Crippen LogP contribution < -0.4 is 14.4 Å². The molecular formula is C28H34N2O5. The van der Waals surface area contributed by atoms with Crippen molar-refractivity contribution >= 4 is 11.7 Å². The van der Waals surface area contributed by atoms with Crippen molar-refractivity contribution in [2.24, 2.45) is 0 Å². The van der Waals surface area contributed by atoms with Gasteiger partial charge in [0.05, 0.1) is 31.5 Å². The largest absolute Gasteiger partial charge is 0.495 e. The summed E-state index contributed by atoms with van der Waals surface area (Å²) in [4.78, 5) is 18.1. The summed E-state index contributed by atoms with van der Waals surface area (Å²) < 4.78 is 17.6. The molecule has 0 fully saturated rings. The third-order valence-corrected chi connectivity index (χ3v) is 6.77. The number of nitrogens with zero attached hydrogens (tertiary/aromatic N) is 2. The van der Waals surface area contributed by atoms with E-state index >= 15 is 0 Å². The average Bonchev–Trinajstić information content (AvgIpc) is 3.42. The normalized spacial score (nSPS) is 14.6. The molecule has 0 amide bonds. The maximum Gasteiger partial charge on any atom is 0.303 e. The molecule has 35 heavy (non-hydrogen) atoms. The van der Waals surface area contributed by atoms with Gasteiger partial charge >= 0.3 is 5.97 Å². The minimum Gasteiger partial charge on any atom is -0.495 e. The number of methoxy groups -OCH3 is 1. The summed E-state index contributed by atoms with van der Waals surface area (Å²) in [5.41, 5.74) is 5.15. The zero-order valence-corrected chi connectivity index (χ0v) is 21.0. The number of oxazole rings is 1. The molecule has 0 spiro atoms. The van der Waals surface area contributed by atoms with E-state index in [0.717, 1.165) is 65.7 Å². The number of anilines is 1. The number of hydrogen-bond donors (Lipinski definition) is 1. The number of benzene rings is 2. The second-order valence-corrected chi connectivity index (χ2v) is 8.87. The van der Waals surface area contributed by atoms with Gasteiger partial charge in [-0.25, -0.2) is 4.98 Å². The van der Waals surface area contributed by atoms with E-state index in [4.69, 9.17) is 24.0 Å². The first-order valence-corrected chi connectivity index (χ1v) is 12.3. The Hall–Kier alpha value is -3.48. The predicted octanol–water partition coefficient (Wildman–Crippen LogP) is 5.63. The molecule has 1 N–H and O–H groups in total. The van der Waals surface area contributed by atoms with Gasteiger partial charge in [0, 0.05) is 25.1 Å². The van der Waals surface area contributed by atoms with Crippen molar-refractivity contribution in [1.29, 1.82) is 0 Å². The van der Waals surface area contributed by atoms with Crippen molar-refractivity contribution in [2.75, 3.05) is 31.7 Å². The summed E-state index contributed by atoms with van der Waals surface area (Å²) in [6.45, 7) is 8.42. The highest BCUT2D eigenvalue weighted by atomic mass is 16.5. The van der Waals surface area contributed by atoms with Crippen LogP contribution in [0.3, 0.4) is 0 Å². The lowest BCUT2D eigenvalue weighted by Gasteiger charge is -2.23. The molecule has 1 aromatic heterocycles. The van der Waals surface area contributed by atoms with Crippen LogP contribution in [0.4, 0.5) is 5.69 Å². The molecule has 0 unspecified atom stereocenters. The molecule has 186 valence electrons. The highest BCUT2D eigenvalue weighted by Crippen LogP contribution is 2.37. The molecule has 0 bridgehead atoms. The number of aliphatic carboxylic acids is 1. The highest BCUT2D eigenvalue weighted by Gasteiger charge is 2.25. The Morgan fingerprint density at radius 1 is 1.20 bits per heavy atom. The summed E-state index contributed by atoms with van der Waals surface area (Å²) in [7, 11) is 1.69. The van der Waals surface area contributed by atoms with E-state index in [-0.39, 0.29) is 12.3 Å². The molecule has 3 aromatic rings. The minimum absolute atomic E-state index is 0.105. The van der Waals surface area contributed by atoms with E-state index in [1.807, 2.05) is 37.3 Å². The quantitative estimate of drug-likeness (QED) is 0.382. The Morgan fingerprint density at radius 2 is 2.00 bits per heavy atom. The molecule has 0 saturated carbocycles. The SMILES string of the molecule is CCN(CC)c1cc(-c2nc(CCOc3ccc4c(c3)CC[C@H]4CC(=O)O)c(C)o2)ccc1OC. The first-order chi connectivity index (χ1) is 16.9. The first kappa shape index (κ1) is 24.6. The lowest BCUT2D eigenvalue weighted by molar-refractivity contribution is -0.137. The number of carbonyl (C=O) groups is 1. The number of hydrogen-bond acceptors (Lipinski definition) is 6. The molecule has 0 aliphatic heterocycles. The van der Waals surface area contributed by atoms with Crippen molar-refractivity contribution < 1.29 is 23.8 Å². The van der Waals surface area contributed by atoms with Gasteiger partial charge in [-0.2, -0.15) is 0 Å². The molecule has 1 atom stereocenters. The van der Waals surface area contributed by atoms with Crippen molar-refractivity contribution in [3.05, 3.63) is 59.0 Å². The zero-order chi connectivity index (χ0) is 24.9. The van der Waals surface area contributed by atoms with Crippen LogP contribution in [-0.2, 0) is 17.6 Å². The van der Waals surface area contributed by atoms with Crippen molar-refractivity contribution in [2.45, 2.75) is 52.4 Å². The van der Waals surface area contributed by atoms with E-state index < -0.39 is 5.97 Å². The number of aromatic nitrogens is 1. The number of carboxylic acid groups (broad SMARTS) is 1. The fraction of sp³-hybridized carbons (Fsp3) is 0.429. The Labute approximate surface area is 206 Å². The number of aryl methyl sites for hydroxylation is 2. The van der Waals surface area contributed by atoms with Crippen LogP contribution in [0.2, 0.25) is 0 Å². The molecule has 0 radical (unpaired) electrons. The standard InChI is InChI=1S/C28H34N2O5/c1-5-30(6-2)25-16-21(9-12-26(25)33-4)28-29-24(18(3)35-28)13-14-34-22-10-11-23-19(15-22)7-8-20(23)17-27(31)32/h9-12,15-16,20H,5-8,13-14,17H2,1-4H3,(H,31,32)/t20-/m0/s1. The maximum absolute atomic E-state index is 11.1. The van der Waals surface area contributed by atoms with Gasteiger partial charge in [0.15, 0.2) is 0 Å². The lowest BCUT2D eigenvalue weighted by atomic mass is 9.98. The second kappa shape index (κ2) is 10.8. The van der Waals surface area contributed by atoms with E-state index in [1.165, 1.54) is 5.56 Å². The predicted molar refractivity (Wildman–Crippen MR) is 136 cm³/mol. The Bertz CT molecular complexity index is 1180. The van der Waals surface area contributed by atoms with Crippen LogP contribution in [0, 0.1) is 6.92 Å². The molecular weight excluding hydrogens is 444 g/mol. The van der Waals surface area contributed by atoms with Gasteiger partial charge in [-0.1, -0.05) is 6.07 Å². The lowest BCUT2D eigenvalue weighted by Crippen LogP contribution is -2.22. The number of ether oxygens (including phenoxy) is 2. The zero-order valence-electron chi connectivity index (χ0n) is 21.0. The Morgan fingerprint density at radius 3 is 2.71 bits per heavy atom. The summed E-state index contributed by atoms with van der Waals surface area (Å²) in [5, 5.41) is 9.11. The molecule has 2 aromatic carbocycles. The third kappa shape index (κ3) is 5.45. The molecule has 7 nitrogen and oxygen atoms in total. The van der Waals surface area contributed by atoms with Gasteiger partial charge in [0.25, 0.3) is 0 Å². The third-order valence-electron chi connectivity index (χ3n) is 6.77. The molecule has 7 heteroatoms. The van der Waals surface area contributed by atoms with E-state index in [9.17, 15) is 4.79 Å². The summed E-state index contributed by atoms with van der Waals surface area (Å²) in [6, 6.07) is 12.0.